The van der Waals surface area contributed by atoms with Crippen LogP contribution in [0.4, 0.5) is 4.39 Å². The van der Waals surface area contributed by atoms with Gasteiger partial charge in [-0.25, -0.2) is 4.39 Å². The van der Waals surface area contributed by atoms with Gasteiger partial charge in [0, 0.05) is 19.6 Å². The van der Waals surface area contributed by atoms with Crippen LogP contribution >= 0.6 is 0 Å². The SMILES string of the molecule is CC[C@H]1CN(Cc2ccc(F)cc2)CC[C@H]1O. The first-order valence-electron chi connectivity index (χ1n) is 6.34. The van der Waals surface area contributed by atoms with E-state index in [2.05, 4.69) is 11.8 Å². The zero-order chi connectivity index (χ0) is 12.3. The van der Waals surface area contributed by atoms with Crippen LogP contribution in [0.3, 0.4) is 0 Å². The summed E-state index contributed by atoms with van der Waals surface area (Å²) in [5.41, 5.74) is 1.14. The maximum Gasteiger partial charge on any atom is 0.123 e. The molecule has 1 N–H and O–H groups in total. The van der Waals surface area contributed by atoms with Gasteiger partial charge in [-0.05, 0) is 36.5 Å². The molecule has 1 aromatic carbocycles. The van der Waals surface area contributed by atoms with Crippen molar-refractivity contribution in [3.05, 3.63) is 35.6 Å². The normalized spacial score (nSPS) is 26.1. The Morgan fingerprint density at radius 2 is 2.06 bits per heavy atom. The highest BCUT2D eigenvalue weighted by Gasteiger charge is 2.25. The highest BCUT2D eigenvalue weighted by Crippen LogP contribution is 2.21. The Hall–Kier alpha value is -0.930. The molecule has 1 heterocycles. The van der Waals surface area contributed by atoms with Gasteiger partial charge in [-0.2, -0.15) is 0 Å². The summed E-state index contributed by atoms with van der Waals surface area (Å²) in [6, 6.07) is 6.68. The van der Waals surface area contributed by atoms with Gasteiger partial charge in [0.1, 0.15) is 5.82 Å². The van der Waals surface area contributed by atoms with Crippen LogP contribution < -0.4 is 0 Å². The van der Waals surface area contributed by atoms with E-state index >= 15 is 0 Å². The number of halogens is 1. The second-order valence-corrected chi connectivity index (χ2v) is 4.89. The van der Waals surface area contributed by atoms with Crippen LogP contribution in [0.2, 0.25) is 0 Å². The van der Waals surface area contributed by atoms with E-state index in [1.807, 2.05) is 12.1 Å². The van der Waals surface area contributed by atoms with E-state index in [1.54, 1.807) is 0 Å². The molecule has 2 nitrogen and oxygen atoms in total. The topological polar surface area (TPSA) is 23.5 Å². The Bertz CT molecular complexity index is 352. The number of likely N-dealkylation sites (tertiary alicyclic amines) is 1. The maximum absolute atomic E-state index is 12.8. The smallest absolute Gasteiger partial charge is 0.123 e. The van der Waals surface area contributed by atoms with Gasteiger partial charge < -0.3 is 5.11 Å². The maximum atomic E-state index is 12.8. The number of nitrogens with zero attached hydrogens (tertiary/aromatic N) is 1. The highest BCUT2D eigenvalue weighted by atomic mass is 19.1. The fourth-order valence-corrected chi connectivity index (χ4v) is 2.49. The number of hydrogen-bond acceptors (Lipinski definition) is 2. The Morgan fingerprint density at radius 3 is 2.71 bits per heavy atom. The molecule has 2 atom stereocenters. The summed E-state index contributed by atoms with van der Waals surface area (Å²) in [5.74, 6) is 0.193. The summed E-state index contributed by atoms with van der Waals surface area (Å²) in [7, 11) is 0. The molecule has 1 aromatic rings. The standard InChI is InChI=1S/C14H20FNO/c1-2-12-10-16(8-7-14(12)17)9-11-3-5-13(15)6-4-11/h3-6,12,14,17H,2,7-10H2,1H3/t12-,14+/m0/s1. The first-order valence-corrected chi connectivity index (χ1v) is 6.34. The first kappa shape index (κ1) is 12.5. The molecule has 1 fully saturated rings. The summed E-state index contributed by atoms with van der Waals surface area (Å²) in [6.07, 6.45) is 1.71. The van der Waals surface area contributed by atoms with Gasteiger partial charge in [0.15, 0.2) is 0 Å². The summed E-state index contributed by atoms with van der Waals surface area (Å²) in [6.45, 7) is 4.84. The molecule has 0 saturated carbocycles. The molecule has 0 spiro atoms. The van der Waals surface area contributed by atoms with Gasteiger partial charge in [-0.15, -0.1) is 0 Å². The second kappa shape index (κ2) is 5.61. The second-order valence-electron chi connectivity index (χ2n) is 4.89. The lowest BCUT2D eigenvalue weighted by atomic mass is 9.92. The Balaban J connectivity index is 1.93. The lowest BCUT2D eigenvalue weighted by Crippen LogP contribution is -2.42. The van der Waals surface area contributed by atoms with Crippen molar-refractivity contribution in [2.24, 2.45) is 5.92 Å². The van der Waals surface area contributed by atoms with Crippen LogP contribution in [-0.4, -0.2) is 29.2 Å². The molecular formula is C14H20FNO. The largest absolute Gasteiger partial charge is 0.393 e. The van der Waals surface area contributed by atoms with Crippen LogP contribution in [0.1, 0.15) is 25.3 Å². The molecular weight excluding hydrogens is 217 g/mol. The Morgan fingerprint density at radius 1 is 1.35 bits per heavy atom. The van der Waals surface area contributed by atoms with Gasteiger partial charge in [0.05, 0.1) is 6.10 Å². The van der Waals surface area contributed by atoms with E-state index < -0.39 is 0 Å². The zero-order valence-corrected chi connectivity index (χ0v) is 10.3. The van der Waals surface area contributed by atoms with E-state index in [4.69, 9.17) is 0 Å². The van der Waals surface area contributed by atoms with Crippen LogP contribution in [0.25, 0.3) is 0 Å². The molecule has 2 rings (SSSR count). The number of piperidine rings is 1. The van der Waals surface area contributed by atoms with Crippen molar-refractivity contribution in [1.29, 1.82) is 0 Å². The monoisotopic (exact) mass is 237 g/mol. The van der Waals surface area contributed by atoms with Gasteiger partial charge in [0.25, 0.3) is 0 Å². The third-order valence-electron chi connectivity index (χ3n) is 3.62. The molecule has 0 amide bonds. The number of hydrogen-bond donors (Lipinski definition) is 1. The molecule has 0 aromatic heterocycles. The van der Waals surface area contributed by atoms with Crippen molar-refractivity contribution in [2.75, 3.05) is 13.1 Å². The predicted octanol–water partition coefficient (Wildman–Crippen LogP) is 2.42. The minimum atomic E-state index is -0.186. The fourth-order valence-electron chi connectivity index (χ4n) is 2.49. The van der Waals surface area contributed by atoms with Crippen molar-refractivity contribution in [3.63, 3.8) is 0 Å². The van der Waals surface area contributed by atoms with Gasteiger partial charge in [-0.1, -0.05) is 19.1 Å². The van der Waals surface area contributed by atoms with Crippen LogP contribution in [0.15, 0.2) is 24.3 Å². The number of benzene rings is 1. The summed E-state index contributed by atoms with van der Waals surface area (Å²) in [5, 5.41) is 9.81. The third kappa shape index (κ3) is 3.27. The summed E-state index contributed by atoms with van der Waals surface area (Å²) < 4.78 is 12.8. The van der Waals surface area contributed by atoms with E-state index in [9.17, 15) is 9.50 Å². The molecule has 1 aliphatic heterocycles. The highest BCUT2D eigenvalue weighted by molar-refractivity contribution is 5.16. The average Bonchev–Trinajstić information content (AvgIpc) is 2.34. The molecule has 0 radical (unpaired) electrons. The molecule has 94 valence electrons. The summed E-state index contributed by atoms with van der Waals surface area (Å²) in [4.78, 5) is 2.34. The predicted molar refractivity (Wildman–Crippen MR) is 66.1 cm³/mol. The minimum Gasteiger partial charge on any atom is -0.393 e. The van der Waals surface area contributed by atoms with Crippen LogP contribution in [0.5, 0.6) is 0 Å². The van der Waals surface area contributed by atoms with Gasteiger partial charge in [-0.3, -0.25) is 4.90 Å². The Labute approximate surface area is 102 Å². The number of aliphatic hydroxyl groups excluding tert-OH is 1. The third-order valence-corrected chi connectivity index (χ3v) is 3.62. The van der Waals surface area contributed by atoms with E-state index in [0.29, 0.717) is 5.92 Å². The van der Waals surface area contributed by atoms with Crippen molar-refractivity contribution in [1.82, 2.24) is 4.90 Å². The van der Waals surface area contributed by atoms with Crippen LogP contribution in [-0.2, 0) is 6.54 Å². The molecule has 0 bridgehead atoms. The molecule has 3 heteroatoms. The van der Waals surface area contributed by atoms with Crippen molar-refractivity contribution in [2.45, 2.75) is 32.4 Å². The first-order chi connectivity index (χ1) is 8.19. The molecule has 0 aliphatic carbocycles. The van der Waals surface area contributed by atoms with E-state index in [0.717, 1.165) is 38.0 Å². The van der Waals surface area contributed by atoms with Crippen molar-refractivity contribution in [3.8, 4) is 0 Å². The Kier molecular flexibility index (Phi) is 4.13. The quantitative estimate of drug-likeness (QED) is 0.872. The van der Waals surface area contributed by atoms with Crippen molar-refractivity contribution >= 4 is 0 Å². The fraction of sp³-hybridized carbons (Fsp3) is 0.571. The molecule has 0 unspecified atom stereocenters. The van der Waals surface area contributed by atoms with E-state index in [1.165, 1.54) is 12.1 Å². The van der Waals surface area contributed by atoms with Gasteiger partial charge in [0.2, 0.25) is 0 Å². The van der Waals surface area contributed by atoms with E-state index in [-0.39, 0.29) is 11.9 Å². The lowest BCUT2D eigenvalue weighted by molar-refractivity contribution is 0.0222. The zero-order valence-electron chi connectivity index (χ0n) is 10.3. The lowest BCUT2D eigenvalue weighted by Gasteiger charge is -2.35. The van der Waals surface area contributed by atoms with Gasteiger partial charge >= 0.3 is 0 Å². The number of aliphatic hydroxyl groups is 1. The minimum absolute atomic E-state index is 0.149. The molecule has 1 saturated heterocycles. The molecule has 17 heavy (non-hydrogen) atoms. The molecule has 1 aliphatic rings. The van der Waals surface area contributed by atoms with Crippen LogP contribution in [0, 0.1) is 11.7 Å². The summed E-state index contributed by atoms with van der Waals surface area (Å²) >= 11 is 0. The average molecular weight is 237 g/mol. The van der Waals surface area contributed by atoms with Crippen molar-refractivity contribution < 1.29 is 9.50 Å². The number of rotatable bonds is 3.